The summed E-state index contributed by atoms with van der Waals surface area (Å²) in [7, 11) is -3.57. The zero-order chi connectivity index (χ0) is 17.2. The van der Waals surface area contributed by atoms with Gasteiger partial charge in [-0.05, 0) is 41.3 Å². The Hall–Kier alpha value is -2.42. The van der Waals surface area contributed by atoms with Gasteiger partial charge in [-0.1, -0.05) is 12.1 Å². The Morgan fingerprint density at radius 1 is 1.12 bits per heavy atom. The molecule has 0 spiro atoms. The molecule has 124 valence electrons. The number of aromatic nitrogens is 1. The number of thiophene rings is 1. The molecule has 2 heterocycles. The molecule has 0 aliphatic rings. The van der Waals surface area contributed by atoms with Crippen molar-refractivity contribution >= 4 is 33.0 Å². The van der Waals surface area contributed by atoms with Crippen molar-refractivity contribution in [1.29, 1.82) is 0 Å². The lowest BCUT2D eigenvalue weighted by molar-refractivity contribution is 0.103. The van der Waals surface area contributed by atoms with Crippen molar-refractivity contribution in [3.05, 3.63) is 70.7 Å². The summed E-state index contributed by atoms with van der Waals surface area (Å²) in [5, 5.41) is 9.69. The molecule has 3 aromatic rings. The number of nitrogens with one attached hydrogen (secondary N) is 1. The highest BCUT2D eigenvalue weighted by molar-refractivity contribution is 7.88. The maximum Gasteiger partial charge on any atom is 0.267 e. The lowest BCUT2D eigenvalue weighted by Crippen LogP contribution is -2.15. The fourth-order valence-electron chi connectivity index (χ4n) is 2.28. The van der Waals surface area contributed by atoms with E-state index in [4.69, 9.17) is 5.14 Å². The lowest BCUT2D eigenvalue weighted by atomic mass is 10.2. The number of carbonyl (C=O) groups is 1. The molecule has 0 aliphatic heterocycles. The summed E-state index contributed by atoms with van der Waals surface area (Å²) in [6, 6.07) is 12.2. The SMILES string of the molecule is NS(=O)(=O)Cc1ccc(NC(=O)c2sccc2-n2cccc2)cc1. The first-order chi connectivity index (χ1) is 11.4. The second kappa shape index (κ2) is 6.60. The molecule has 0 aliphatic carbocycles. The minimum absolute atomic E-state index is 0.215. The van der Waals surface area contributed by atoms with E-state index in [0.29, 0.717) is 16.1 Å². The Bertz CT molecular complexity index is 943. The highest BCUT2D eigenvalue weighted by atomic mass is 32.2. The third kappa shape index (κ3) is 3.91. The van der Waals surface area contributed by atoms with Crippen LogP contribution >= 0.6 is 11.3 Å². The van der Waals surface area contributed by atoms with Gasteiger partial charge in [0.25, 0.3) is 5.91 Å². The van der Waals surface area contributed by atoms with E-state index in [1.807, 2.05) is 40.5 Å². The Morgan fingerprint density at radius 2 is 1.79 bits per heavy atom. The number of nitrogens with zero attached hydrogens (tertiary/aromatic N) is 1. The van der Waals surface area contributed by atoms with Gasteiger partial charge in [-0.25, -0.2) is 13.6 Å². The Labute approximate surface area is 143 Å². The van der Waals surface area contributed by atoms with Crippen LogP contribution in [0.25, 0.3) is 5.69 Å². The largest absolute Gasteiger partial charge is 0.322 e. The quantitative estimate of drug-likeness (QED) is 0.731. The third-order valence-corrected chi connectivity index (χ3v) is 4.95. The van der Waals surface area contributed by atoms with Gasteiger partial charge < -0.3 is 9.88 Å². The first kappa shape index (κ1) is 16.4. The van der Waals surface area contributed by atoms with E-state index in [9.17, 15) is 13.2 Å². The molecule has 0 fully saturated rings. The van der Waals surface area contributed by atoms with Crippen molar-refractivity contribution in [2.45, 2.75) is 5.75 Å². The van der Waals surface area contributed by atoms with E-state index in [1.165, 1.54) is 11.3 Å². The summed E-state index contributed by atoms with van der Waals surface area (Å²) in [6.07, 6.45) is 3.75. The molecule has 3 N–H and O–H groups in total. The number of hydrogen-bond acceptors (Lipinski definition) is 4. The Balaban J connectivity index is 1.75. The number of carbonyl (C=O) groups excluding carboxylic acids is 1. The molecule has 1 amide bonds. The van der Waals surface area contributed by atoms with Gasteiger partial charge in [-0.3, -0.25) is 4.79 Å². The zero-order valence-corrected chi connectivity index (χ0v) is 14.2. The number of rotatable bonds is 5. The van der Waals surface area contributed by atoms with Gasteiger partial charge in [-0.15, -0.1) is 11.3 Å². The van der Waals surface area contributed by atoms with Crippen molar-refractivity contribution in [3.8, 4) is 5.69 Å². The molecular weight excluding hydrogens is 346 g/mol. The number of nitrogens with two attached hydrogens (primary N) is 1. The van der Waals surface area contributed by atoms with Crippen molar-refractivity contribution in [1.82, 2.24) is 4.57 Å². The van der Waals surface area contributed by atoms with E-state index in [0.717, 1.165) is 5.69 Å². The summed E-state index contributed by atoms with van der Waals surface area (Å²) >= 11 is 1.36. The van der Waals surface area contributed by atoms with Crippen molar-refractivity contribution in [2.24, 2.45) is 5.14 Å². The molecule has 0 atom stereocenters. The van der Waals surface area contributed by atoms with E-state index in [2.05, 4.69) is 5.32 Å². The van der Waals surface area contributed by atoms with E-state index < -0.39 is 10.0 Å². The first-order valence-corrected chi connectivity index (χ1v) is 9.63. The fraction of sp³-hybridized carbons (Fsp3) is 0.0625. The van der Waals surface area contributed by atoms with Gasteiger partial charge in [0.05, 0.1) is 11.4 Å². The number of amides is 1. The molecule has 1 aromatic carbocycles. The number of sulfonamides is 1. The molecule has 0 bridgehead atoms. The van der Waals surface area contributed by atoms with Crippen LogP contribution in [0.5, 0.6) is 0 Å². The van der Waals surface area contributed by atoms with Crippen LogP contribution in [0.4, 0.5) is 5.69 Å². The van der Waals surface area contributed by atoms with Crippen molar-refractivity contribution in [2.75, 3.05) is 5.32 Å². The second-order valence-electron chi connectivity index (χ2n) is 5.18. The lowest BCUT2D eigenvalue weighted by Gasteiger charge is -2.08. The topological polar surface area (TPSA) is 94.2 Å². The number of benzene rings is 1. The van der Waals surface area contributed by atoms with E-state index >= 15 is 0 Å². The summed E-state index contributed by atoms with van der Waals surface area (Å²) in [4.78, 5) is 13.1. The minimum Gasteiger partial charge on any atom is -0.322 e. The monoisotopic (exact) mass is 361 g/mol. The molecule has 0 unspecified atom stereocenters. The van der Waals surface area contributed by atoms with Crippen LogP contribution in [-0.4, -0.2) is 18.9 Å². The van der Waals surface area contributed by atoms with Crippen LogP contribution in [0.1, 0.15) is 15.2 Å². The van der Waals surface area contributed by atoms with Gasteiger partial charge in [0.15, 0.2) is 0 Å². The van der Waals surface area contributed by atoms with Crippen molar-refractivity contribution in [3.63, 3.8) is 0 Å². The average molecular weight is 361 g/mol. The maximum atomic E-state index is 12.5. The van der Waals surface area contributed by atoms with Crippen LogP contribution in [-0.2, 0) is 15.8 Å². The molecule has 0 radical (unpaired) electrons. The molecule has 0 saturated heterocycles. The normalized spacial score (nSPS) is 11.4. The van der Waals surface area contributed by atoms with Crippen LogP contribution in [0.3, 0.4) is 0 Å². The summed E-state index contributed by atoms with van der Waals surface area (Å²) in [6.45, 7) is 0. The van der Waals surface area contributed by atoms with Gasteiger partial charge in [0, 0.05) is 18.1 Å². The Kier molecular flexibility index (Phi) is 4.52. The maximum absolute atomic E-state index is 12.5. The molecule has 6 nitrogen and oxygen atoms in total. The molecular formula is C16H15N3O3S2. The van der Waals surface area contributed by atoms with E-state index in [-0.39, 0.29) is 11.7 Å². The van der Waals surface area contributed by atoms with E-state index in [1.54, 1.807) is 24.3 Å². The van der Waals surface area contributed by atoms with Gasteiger partial charge >= 0.3 is 0 Å². The number of anilines is 1. The zero-order valence-electron chi connectivity index (χ0n) is 12.5. The van der Waals surface area contributed by atoms with Crippen molar-refractivity contribution < 1.29 is 13.2 Å². The summed E-state index contributed by atoms with van der Waals surface area (Å²) in [5.41, 5.74) is 1.97. The summed E-state index contributed by atoms with van der Waals surface area (Å²) < 4.78 is 24.0. The molecule has 2 aromatic heterocycles. The predicted molar refractivity (Wildman–Crippen MR) is 94.9 cm³/mol. The number of primary sulfonamides is 1. The van der Waals surface area contributed by atoms with Crippen LogP contribution in [0.15, 0.2) is 60.2 Å². The second-order valence-corrected chi connectivity index (χ2v) is 7.71. The standard InChI is InChI=1S/C16H15N3O3S2/c17-24(21,22)11-12-3-5-13(6-4-12)18-16(20)15-14(7-10-23-15)19-8-1-2-9-19/h1-10H,11H2,(H,18,20)(H2,17,21,22). The Morgan fingerprint density at radius 3 is 2.42 bits per heavy atom. The number of hydrogen-bond donors (Lipinski definition) is 2. The van der Waals surface area contributed by atoms with Gasteiger partial charge in [-0.2, -0.15) is 0 Å². The smallest absolute Gasteiger partial charge is 0.267 e. The third-order valence-electron chi connectivity index (χ3n) is 3.31. The van der Waals surface area contributed by atoms with Gasteiger partial charge in [0.2, 0.25) is 10.0 Å². The fourth-order valence-corrected chi connectivity index (χ4v) is 3.72. The molecule has 24 heavy (non-hydrogen) atoms. The summed E-state index contributed by atoms with van der Waals surface area (Å²) in [5.74, 6) is -0.447. The van der Waals surface area contributed by atoms with Crippen LogP contribution < -0.4 is 10.5 Å². The first-order valence-electron chi connectivity index (χ1n) is 7.04. The average Bonchev–Trinajstić information content (AvgIpc) is 3.18. The van der Waals surface area contributed by atoms with Gasteiger partial charge in [0.1, 0.15) is 4.88 Å². The highest BCUT2D eigenvalue weighted by Crippen LogP contribution is 2.23. The van der Waals surface area contributed by atoms with Crippen LogP contribution in [0.2, 0.25) is 0 Å². The molecule has 0 saturated carbocycles. The molecule has 3 rings (SSSR count). The minimum atomic E-state index is -3.57. The molecule has 8 heteroatoms. The predicted octanol–water partition coefficient (Wildman–Crippen LogP) is 2.58. The van der Waals surface area contributed by atoms with Crippen LogP contribution in [0, 0.1) is 0 Å². The highest BCUT2D eigenvalue weighted by Gasteiger charge is 2.14.